The molecule has 0 heterocycles. The third-order valence-corrected chi connectivity index (χ3v) is 2.84. The van der Waals surface area contributed by atoms with Crippen molar-refractivity contribution >= 4 is 24.0 Å². The van der Waals surface area contributed by atoms with Crippen LogP contribution in [-0.4, -0.2) is 31.8 Å². The Balaban J connectivity index is 0.00000484. The Labute approximate surface area is 138 Å². The van der Waals surface area contributed by atoms with Gasteiger partial charge in [0, 0.05) is 11.8 Å². The largest absolute Gasteiger partial charge is 0.493 e. The Morgan fingerprint density at radius 3 is 2.39 bits per heavy atom. The Hall–Kier alpha value is -1.67. The van der Waals surface area contributed by atoms with Crippen LogP contribution in [0, 0.1) is 5.92 Å². The van der Waals surface area contributed by atoms with E-state index in [0.717, 1.165) is 0 Å². The molecule has 0 aliphatic heterocycles. The molecule has 1 amide bonds. The van der Waals surface area contributed by atoms with Crippen molar-refractivity contribution in [2.45, 2.75) is 26.1 Å². The van der Waals surface area contributed by atoms with Gasteiger partial charge in [-0.05, 0) is 18.1 Å². The molecule has 0 saturated heterocycles. The number of halogens is 4. The average Bonchev–Trinajstić information content (AvgIpc) is 2.43. The zero-order valence-corrected chi connectivity index (χ0v) is 13.8. The van der Waals surface area contributed by atoms with Crippen molar-refractivity contribution in [3.8, 4) is 11.5 Å². The van der Waals surface area contributed by atoms with Crippen LogP contribution >= 0.6 is 12.4 Å². The summed E-state index contributed by atoms with van der Waals surface area (Å²) in [6.45, 7) is 2.12. The first-order valence-corrected chi connectivity index (χ1v) is 6.58. The lowest BCUT2D eigenvalue weighted by Crippen LogP contribution is -2.39. The van der Waals surface area contributed by atoms with Gasteiger partial charge in [0.15, 0.2) is 18.1 Å². The SMILES string of the molecule is COc1ccc(NC(=O)[C@@H](N)C(C)C)cc1OCC(F)(F)F.Cl. The van der Waals surface area contributed by atoms with Crippen molar-refractivity contribution < 1.29 is 27.4 Å². The number of anilines is 1. The summed E-state index contributed by atoms with van der Waals surface area (Å²) in [7, 11) is 1.31. The summed E-state index contributed by atoms with van der Waals surface area (Å²) in [5.41, 5.74) is 5.98. The molecule has 132 valence electrons. The van der Waals surface area contributed by atoms with Gasteiger partial charge in [-0.1, -0.05) is 13.8 Å². The maximum atomic E-state index is 12.2. The van der Waals surface area contributed by atoms with Crippen LogP contribution in [0.25, 0.3) is 0 Å². The van der Waals surface area contributed by atoms with Crippen molar-refractivity contribution in [1.82, 2.24) is 0 Å². The van der Waals surface area contributed by atoms with Gasteiger partial charge in [-0.2, -0.15) is 13.2 Å². The van der Waals surface area contributed by atoms with E-state index in [0.29, 0.717) is 0 Å². The Morgan fingerprint density at radius 2 is 1.91 bits per heavy atom. The zero-order chi connectivity index (χ0) is 16.9. The number of nitrogens with two attached hydrogens (primary N) is 1. The molecule has 0 aliphatic rings. The fourth-order valence-corrected chi connectivity index (χ4v) is 1.56. The molecule has 5 nitrogen and oxygen atoms in total. The van der Waals surface area contributed by atoms with E-state index < -0.39 is 24.7 Å². The second kappa shape index (κ2) is 8.83. The molecule has 3 N–H and O–H groups in total. The quantitative estimate of drug-likeness (QED) is 0.821. The molecule has 0 unspecified atom stereocenters. The summed E-state index contributed by atoms with van der Waals surface area (Å²) in [6.07, 6.45) is -4.47. The van der Waals surface area contributed by atoms with Gasteiger partial charge in [-0.3, -0.25) is 4.79 Å². The number of hydrogen-bond donors (Lipinski definition) is 2. The molecule has 0 radical (unpaired) electrons. The van der Waals surface area contributed by atoms with E-state index in [-0.39, 0.29) is 35.5 Å². The van der Waals surface area contributed by atoms with Crippen LogP contribution in [-0.2, 0) is 4.79 Å². The van der Waals surface area contributed by atoms with E-state index in [4.69, 9.17) is 15.2 Å². The highest BCUT2D eigenvalue weighted by Gasteiger charge is 2.29. The minimum Gasteiger partial charge on any atom is -0.493 e. The minimum absolute atomic E-state index is 0. The van der Waals surface area contributed by atoms with Gasteiger partial charge < -0.3 is 20.5 Å². The molecular weight excluding hydrogens is 337 g/mol. The van der Waals surface area contributed by atoms with E-state index in [1.54, 1.807) is 13.8 Å². The molecule has 0 bridgehead atoms. The van der Waals surface area contributed by atoms with Crippen LogP contribution < -0.4 is 20.5 Å². The topological polar surface area (TPSA) is 73.6 Å². The molecule has 1 rings (SSSR count). The van der Waals surface area contributed by atoms with Gasteiger partial charge in [-0.15, -0.1) is 12.4 Å². The van der Waals surface area contributed by atoms with Crippen molar-refractivity contribution in [3.63, 3.8) is 0 Å². The number of nitrogens with one attached hydrogen (secondary N) is 1. The Kier molecular flexibility index (Phi) is 8.19. The van der Waals surface area contributed by atoms with Gasteiger partial charge >= 0.3 is 6.18 Å². The van der Waals surface area contributed by atoms with E-state index >= 15 is 0 Å². The first kappa shape index (κ1) is 21.3. The number of rotatable bonds is 6. The lowest BCUT2D eigenvalue weighted by Gasteiger charge is -2.17. The summed E-state index contributed by atoms with van der Waals surface area (Å²) < 4.78 is 46.3. The number of benzene rings is 1. The average molecular weight is 357 g/mol. The molecule has 0 spiro atoms. The standard InChI is InChI=1S/C14H19F3N2O3.ClH/c1-8(2)12(18)13(20)19-9-4-5-10(21-3)11(6-9)22-7-14(15,16)17;/h4-6,8,12H,7,18H2,1-3H3,(H,19,20);1H/t12-;/m0./s1. The highest BCUT2D eigenvalue weighted by molar-refractivity contribution is 5.95. The Morgan fingerprint density at radius 1 is 1.30 bits per heavy atom. The number of alkyl halides is 3. The van der Waals surface area contributed by atoms with Crippen LogP contribution in [0.4, 0.5) is 18.9 Å². The van der Waals surface area contributed by atoms with Crippen molar-refractivity contribution in [3.05, 3.63) is 18.2 Å². The molecule has 0 fully saturated rings. The van der Waals surface area contributed by atoms with E-state index in [2.05, 4.69) is 5.32 Å². The highest BCUT2D eigenvalue weighted by Crippen LogP contribution is 2.31. The van der Waals surface area contributed by atoms with Gasteiger partial charge in [0.25, 0.3) is 0 Å². The second-order valence-corrected chi connectivity index (χ2v) is 5.03. The highest BCUT2D eigenvalue weighted by atomic mass is 35.5. The predicted molar refractivity (Wildman–Crippen MR) is 83.2 cm³/mol. The van der Waals surface area contributed by atoms with E-state index in [1.165, 1.54) is 25.3 Å². The summed E-state index contributed by atoms with van der Waals surface area (Å²) >= 11 is 0. The second-order valence-electron chi connectivity index (χ2n) is 5.03. The van der Waals surface area contributed by atoms with Gasteiger partial charge in [0.2, 0.25) is 5.91 Å². The number of hydrogen-bond acceptors (Lipinski definition) is 4. The zero-order valence-electron chi connectivity index (χ0n) is 12.9. The van der Waals surface area contributed by atoms with Crippen molar-refractivity contribution in [2.24, 2.45) is 11.7 Å². The van der Waals surface area contributed by atoms with E-state index in [1.807, 2.05) is 0 Å². The summed E-state index contributed by atoms with van der Waals surface area (Å²) in [5, 5.41) is 2.53. The van der Waals surface area contributed by atoms with Crippen LogP contribution in [0.3, 0.4) is 0 Å². The molecule has 0 aromatic heterocycles. The predicted octanol–water partition coefficient (Wildman–Crippen LogP) is 2.98. The molecule has 1 aromatic rings. The summed E-state index contributed by atoms with van der Waals surface area (Å²) in [5.74, 6) is -0.479. The first-order chi connectivity index (χ1) is 10.1. The van der Waals surface area contributed by atoms with Gasteiger partial charge in [0.1, 0.15) is 0 Å². The maximum Gasteiger partial charge on any atom is 0.422 e. The smallest absolute Gasteiger partial charge is 0.422 e. The summed E-state index contributed by atoms with van der Waals surface area (Å²) in [4.78, 5) is 11.8. The monoisotopic (exact) mass is 356 g/mol. The number of ether oxygens (including phenoxy) is 2. The fourth-order valence-electron chi connectivity index (χ4n) is 1.56. The Bertz CT molecular complexity index is 524. The van der Waals surface area contributed by atoms with E-state index in [9.17, 15) is 18.0 Å². The normalized spacial score (nSPS) is 12.3. The van der Waals surface area contributed by atoms with Gasteiger partial charge in [-0.25, -0.2) is 0 Å². The number of amides is 1. The van der Waals surface area contributed by atoms with Crippen LogP contribution in [0.1, 0.15) is 13.8 Å². The molecule has 9 heteroatoms. The third kappa shape index (κ3) is 6.96. The molecule has 1 atom stereocenters. The minimum atomic E-state index is -4.47. The lowest BCUT2D eigenvalue weighted by atomic mass is 10.0. The molecule has 1 aromatic carbocycles. The maximum absolute atomic E-state index is 12.2. The third-order valence-electron chi connectivity index (χ3n) is 2.84. The molecular formula is C14H20ClF3N2O3. The summed E-state index contributed by atoms with van der Waals surface area (Å²) in [6, 6.07) is 3.43. The van der Waals surface area contributed by atoms with Gasteiger partial charge in [0.05, 0.1) is 13.2 Å². The number of carbonyl (C=O) groups excluding carboxylic acids is 1. The number of methoxy groups -OCH3 is 1. The molecule has 0 saturated carbocycles. The van der Waals surface area contributed by atoms with Crippen LogP contribution in [0.2, 0.25) is 0 Å². The molecule has 0 aliphatic carbocycles. The lowest BCUT2D eigenvalue weighted by molar-refractivity contribution is -0.153. The number of carbonyl (C=O) groups is 1. The van der Waals surface area contributed by atoms with Crippen LogP contribution in [0.5, 0.6) is 11.5 Å². The van der Waals surface area contributed by atoms with Crippen molar-refractivity contribution in [2.75, 3.05) is 19.0 Å². The molecule has 23 heavy (non-hydrogen) atoms. The first-order valence-electron chi connectivity index (χ1n) is 6.58. The van der Waals surface area contributed by atoms with Crippen molar-refractivity contribution in [1.29, 1.82) is 0 Å². The fraction of sp³-hybridized carbons (Fsp3) is 0.500. The van der Waals surface area contributed by atoms with Crippen LogP contribution in [0.15, 0.2) is 18.2 Å².